The van der Waals surface area contributed by atoms with Gasteiger partial charge in [-0.1, -0.05) is 416 Å². The summed E-state index contributed by atoms with van der Waals surface area (Å²) >= 11 is 0. The molecule has 0 spiro atoms. The monoisotopic (exact) mass is 1190 g/mol. The minimum Gasteiger partial charge on any atom is -0.462 e. The van der Waals surface area contributed by atoms with E-state index in [9.17, 15) is 14.7 Å². The van der Waals surface area contributed by atoms with E-state index in [-0.39, 0.29) is 25.2 Å². The third-order valence-electron chi connectivity index (χ3n) is 17.9. The number of aliphatic hydroxyl groups is 1. The van der Waals surface area contributed by atoms with Crippen LogP contribution in [0.3, 0.4) is 0 Å². The van der Waals surface area contributed by atoms with Gasteiger partial charge in [-0.2, -0.15) is 0 Å². The average Bonchev–Trinajstić information content (AvgIpc) is 3.52. The largest absolute Gasteiger partial charge is 0.462 e. The minimum atomic E-state index is -0.769. The molecule has 0 saturated carbocycles. The normalized spacial score (nSPS) is 12.4. The van der Waals surface area contributed by atoms with Crippen LogP contribution in [0, 0.1) is 0 Å². The number of hydrogen-bond donors (Lipinski definition) is 1. The first-order valence-electron chi connectivity index (χ1n) is 38.7. The van der Waals surface area contributed by atoms with Crippen molar-refractivity contribution >= 4 is 11.9 Å². The number of ether oxygens (including phenoxy) is 2. The third kappa shape index (κ3) is 74.2. The zero-order valence-corrected chi connectivity index (χ0v) is 57.7. The molecule has 0 aromatic carbocycles. The highest BCUT2D eigenvalue weighted by atomic mass is 16.6. The highest BCUT2D eigenvalue weighted by Crippen LogP contribution is 2.20. The summed E-state index contributed by atoms with van der Waals surface area (Å²) < 4.78 is 10.8. The van der Waals surface area contributed by atoms with E-state index in [2.05, 4.69) is 62.5 Å². The molecule has 1 unspecified atom stereocenters. The third-order valence-corrected chi connectivity index (χ3v) is 17.9. The van der Waals surface area contributed by atoms with Crippen molar-refractivity contribution in [2.45, 2.75) is 437 Å². The summed E-state index contributed by atoms with van der Waals surface area (Å²) in [4.78, 5) is 24.7. The smallest absolute Gasteiger partial charge is 0.306 e. The summed E-state index contributed by atoms with van der Waals surface area (Å²) in [5.41, 5.74) is 0. The van der Waals surface area contributed by atoms with E-state index in [0.717, 1.165) is 57.8 Å². The summed E-state index contributed by atoms with van der Waals surface area (Å²) in [6.07, 6.45) is 103. The molecule has 0 aromatic heterocycles. The SMILES string of the molecule is CC/C=C\C/C=C\C/C=C\C/C=C\CCCCCCCCCCCCCCCCCCCCCCCCCCCCCCC(=O)OC(CO)COC(=O)CCCCCCCCCCCCCCCCCCCCCCCCCCCCCCCC. The van der Waals surface area contributed by atoms with Gasteiger partial charge in [-0.3, -0.25) is 9.59 Å². The second kappa shape index (κ2) is 76.1. The van der Waals surface area contributed by atoms with Crippen molar-refractivity contribution in [3.63, 3.8) is 0 Å². The van der Waals surface area contributed by atoms with Crippen LogP contribution in [-0.4, -0.2) is 36.4 Å². The Kier molecular flexibility index (Phi) is 74.2. The molecule has 0 fully saturated rings. The highest BCUT2D eigenvalue weighted by molar-refractivity contribution is 5.70. The Morgan fingerprint density at radius 1 is 0.282 bits per heavy atom. The number of allylic oxidation sites excluding steroid dienone is 8. The number of carbonyl (C=O) groups excluding carboxylic acids is 2. The van der Waals surface area contributed by atoms with E-state index < -0.39 is 6.10 Å². The van der Waals surface area contributed by atoms with Gasteiger partial charge in [0.1, 0.15) is 6.61 Å². The molecule has 1 N–H and O–H groups in total. The van der Waals surface area contributed by atoms with Crippen LogP contribution in [-0.2, 0) is 19.1 Å². The van der Waals surface area contributed by atoms with Crippen molar-refractivity contribution in [2.75, 3.05) is 13.2 Å². The maximum Gasteiger partial charge on any atom is 0.306 e. The minimum absolute atomic E-state index is 0.0577. The highest BCUT2D eigenvalue weighted by Gasteiger charge is 2.16. The molecule has 0 saturated heterocycles. The van der Waals surface area contributed by atoms with Gasteiger partial charge in [-0.25, -0.2) is 0 Å². The van der Waals surface area contributed by atoms with Crippen LogP contribution in [0.1, 0.15) is 431 Å². The first-order chi connectivity index (χ1) is 42.1. The van der Waals surface area contributed by atoms with Gasteiger partial charge in [0.15, 0.2) is 6.10 Å². The lowest BCUT2D eigenvalue weighted by atomic mass is 10.0. The van der Waals surface area contributed by atoms with Crippen LogP contribution in [0.5, 0.6) is 0 Å². The lowest BCUT2D eigenvalue weighted by Crippen LogP contribution is -2.28. The number of aliphatic hydroxyl groups excluding tert-OH is 1. The van der Waals surface area contributed by atoms with E-state index in [1.165, 1.54) is 347 Å². The number of hydrogen-bond acceptors (Lipinski definition) is 5. The van der Waals surface area contributed by atoms with Crippen LogP contribution in [0.25, 0.3) is 0 Å². The number of unbranched alkanes of at least 4 members (excludes halogenated alkanes) is 57. The number of esters is 2. The zero-order chi connectivity index (χ0) is 61.2. The molecule has 0 amide bonds. The van der Waals surface area contributed by atoms with Crippen LogP contribution >= 0.6 is 0 Å². The molecule has 0 heterocycles. The Morgan fingerprint density at radius 2 is 0.506 bits per heavy atom. The number of carbonyl (C=O) groups is 2. The fraction of sp³-hybridized carbons (Fsp3) is 0.875. The molecule has 0 aliphatic rings. The molecule has 5 heteroatoms. The molecule has 0 aliphatic heterocycles. The van der Waals surface area contributed by atoms with Gasteiger partial charge in [-0.05, 0) is 51.4 Å². The van der Waals surface area contributed by atoms with Crippen LogP contribution in [0.15, 0.2) is 48.6 Å². The van der Waals surface area contributed by atoms with Gasteiger partial charge >= 0.3 is 11.9 Å². The molecule has 1 atom stereocenters. The summed E-state index contributed by atoms with van der Waals surface area (Å²) in [7, 11) is 0. The van der Waals surface area contributed by atoms with Crippen LogP contribution in [0.4, 0.5) is 0 Å². The Hall–Kier alpha value is -2.14. The molecule has 0 aliphatic carbocycles. The molecule has 0 rings (SSSR count). The summed E-state index contributed by atoms with van der Waals surface area (Å²) in [5.74, 6) is -0.561. The van der Waals surface area contributed by atoms with Crippen molar-refractivity contribution < 1.29 is 24.2 Å². The maximum absolute atomic E-state index is 12.4. The maximum atomic E-state index is 12.4. The standard InChI is InChI=1S/C80H150O5/c1-3-5-7-9-11-13-15-17-19-21-23-25-27-29-31-33-35-36-37-38-39-40-41-42-43-44-45-47-49-51-53-55-57-59-61-63-65-67-69-71-73-75-80(83)85-78(76-81)77-84-79(82)74-72-70-68-66-64-62-60-58-56-54-52-50-48-46-34-32-30-28-26-24-22-20-18-16-14-12-10-8-6-4-2/h5,7,11,13,17,19,23,25,78,81H,3-4,6,8-10,12,14-16,18,20-22,24,26-77H2,1-2H3/b7-5-,13-11-,19-17-,25-23-. The molecule has 5 nitrogen and oxygen atoms in total. The predicted molar refractivity (Wildman–Crippen MR) is 376 cm³/mol. The molecule has 0 bridgehead atoms. The van der Waals surface area contributed by atoms with Gasteiger partial charge in [0.25, 0.3) is 0 Å². The fourth-order valence-corrected chi connectivity index (χ4v) is 12.1. The zero-order valence-electron chi connectivity index (χ0n) is 57.7. The topological polar surface area (TPSA) is 72.8 Å². The lowest BCUT2D eigenvalue weighted by molar-refractivity contribution is -0.161. The molecule has 85 heavy (non-hydrogen) atoms. The van der Waals surface area contributed by atoms with Crippen molar-refractivity contribution in [1.29, 1.82) is 0 Å². The van der Waals surface area contributed by atoms with Gasteiger partial charge in [0.2, 0.25) is 0 Å². The number of rotatable bonds is 73. The summed E-state index contributed by atoms with van der Waals surface area (Å²) in [6, 6.07) is 0. The van der Waals surface area contributed by atoms with E-state index in [1.54, 1.807) is 0 Å². The summed E-state index contributed by atoms with van der Waals surface area (Å²) in [6.45, 7) is 4.10. The van der Waals surface area contributed by atoms with Crippen molar-refractivity contribution in [3.8, 4) is 0 Å². The van der Waals surface area contributed by atoms with E-state index in [1.807, 2.05) is 0 Å². The van der Waals surface area contributed by atoms with Crippen molar-refractivity contribution in [1.82, 2.24) is 0 Å². The van der Waals surface area contributed by atoms with E-state index in [0.29, 0.717) is 12.8 Å². The van der Waals surface area contributed by atoms with E-state index in [4.69, 9.17) is 9.47 Å². The Labute approximate surface area is 532 Å². The molecule has 0 aromatic rings. The van der Waals surface area contributed by atoms with Gasteiger partial charge < -0.3 is 14.6 Å². The molecule has 500 valence electrons. The van der Waals surface area contributed by atoms with Gasteiger partial charge in [-0.15, -0.1) is 0 Å². The van der Waals surface area contributed by atoms with Crippen molar-refractivity contribution in [3.05, 3.63) is 48.6 Å². The average molecular weight is 1190 g/mol. The van der Waals surface area contributed by atoms with E-state index >= 15 is 0 Å². The van der Waals surface area contributed by atoms with Crippen molar-refractivity contribution in [2.24, 2.45) is 0 Å². The van der Waals surface area contributed by atoms with Gasteiger partial charge in [0.05, 0.1) is 6.61 Å². The predicted octanol–water partition coefficient (Wildman–Crippen LogP) is 27.1. The van der Waals surface area contributed by atoms with Gasteiger partial charge in [0, 0.05) is 12.8 Å². The first-order valence-corrected chi connectivity index (χ1v) is 38.7. The lowest BCUT2D eigenvalue weighted by Gasteiger charge is -2.15. The molecular formula is C80H150O5. The molecule has 0 radical (unpaired) electrons. The molecular weight excluding hydrogens is 1040 g/mol. The second-order valence-electron chi connectivity index (χ2n) is 26.4. The Morgan fingerprint density at radius 3 is 0.765 bits per heavy atom. The fourth-order valence-electron chi connectivity index (χ4n) is 12.1. The second-order valence-corrected chi connectivity index (χ2v) is 26.4. The summed E-state index contributed by atoms with van der Waals surface area (Å²) in [5, 5.41) is 9.72. The van der Waals surface area contributed by atoms with Crippen LogP contribution in [0.2, 0.25) is 0 Å². The van der Waals surface area contributed by atoms with Crippen LogP contribution < -0.4 is 0 Å². The first kappa shape index (κ1) is 82.9. The quantitative estimate of drug-likeness (QED) is 0.0373. The Balaban J connectivity index is 3.35. The Bertz CT molecular complexity index is 1400.